The molecule has 0 spiro atoms. The highest BCUT2D eigenvalue weighted by Crippen LogP contribution is 2.25. The van der Waals surface area contributed by atoms with Gasteiger partial charge in [-0.2, -0.15) is 0 Å². The molecule has 0 radical (unpaired) electrons. The fourth-order valence-corrected chi connectivity index (χ4v) is 5.57. The Labute approximate surface area is 224 Å². The lowest BCUT2D eigenvalue weighted by Crippen LogP contribution is -2.43. The number of ether oxygens (including phenoxy) is 3. The Hall–Kier alpha value is -3.42. The highest BCUT2D eigenvalue weighted by molar-refractivity contribution is 5.83. The molecule has 2 saturated heterocycles. The lowest BCUT2D eigenvalue weighted by Gasteiger charge is -2.33. The van der Waals surface area contributed by atoms with Gasteiger partial charge in [0.25, 0.3) is 0 Å². The van der Waals surface area contributed by atoms with Gasteiger partial charge in [0.1, 0.15) is 6.04 Å². The van der Waals surface area contributed by atoms with Crippen LogP contribution in [0.1, 0.15) is 30.4 Å². The van der Waals surface area contributed by atoms with E-state index < -0.39 is 18.1 Å². The first kappa shape index (κ1) is 26.2. The molecule has 3 atom stereocenters. The number of methoxy groups -OCH3 is 1. The van der Waals surface area contributed by atoms with Gasteiger partial charge >= 0.3 is 12.1 Å². The average molecular weight is 517 g/mol. The number of fused-ring (bicyclic) bond motifs is 1. The van der Waals surface area contributed by atoms with Gasteiger partial charge in [-0.1, -0.05) is 66.7 Å². The summed E-state index contributed by atoms with van der Waals surface area (Å²) in [6.45, 7) is 3.87. The quantitative estimate of drug-likeness (QED) is 0.392. The van der Waals surface area contributed by atoms with Gasteiger partial charge in [0.15, 0.2) is 0 Å². The summed E-state index contributed by atoms with van der Waals surface area (Å²) < 4.78 is 16.7. The standard InChI is InChI=1S/C31H36N2O5/c1-36-30(34)29-17-28(37-21-23-8-3-2-4-9-23)20-33(29)31(35)38-22-25-10-7-15-32(19-25)18-24-13-14-26-11-5-6-12-27(26)16-24/h2-6,8-9,11-14,16,25,28-29H,7,10,15,17-22H2,1H3. The minimum atomic E-state index is -0.691. The molecule has 0 aliphatic carbocycles. The van der Waals surface area contributed by atoms with Gasteiger partial charge in [0.05, 0.1) is 33.0 Å². The molecule has 0 N–H and O–H groups in total. The summed E-state index contributed by atoms with van der Waals surface area (Å²) in [4.78, 5) is 29.4. The Bertz CT molecular complexity index is 1230. The Morgan fingerprint density at radius 2 is 1.71 bits per heavy atom. The van der Waals surface area contributed by atoms with Crippen molar-refractivity contribution in [2.45, 2.75) is 44.6 Å². The summed E-state index contributed by atoms with van der Waals surface area (Å²) in [6.07, 6.45) is 1.76. The zero-order chi connectivity index (χ0) is 26.3. The Kier molecular flexibility index (Phi) is 8.56. The van der Waals surface area contributed by atoms with Crippen LogP contribution in [0.4, 0.5) is 4.79 Å². The number of esters is 1. The number of hydrogen-bond acceptors (Lipinski definition) is 6. The van der Waals surface area contributed by atoms with Crippen molar-refractivity contribution in [3.63, 3.8) is 0 Å². The van der Waals surface area contributed by atoms with E-state index in [1.165, 1.54) is 28.3 Å². The van der Waals surface area contributed by atoms with Crippen molar-refractivity contribution in [3.8, 4) is 0 Å². The minimum Gasteiger partial charge on any atom is -0.467 e. The van der Waals surface area contributed by atoms with Crippen molar-refractivity contribution in [3.05, 3.63) is 83.9 Å². The van der Waals surface area contributed by atoms with Gasteiger partial charge in [-0.25, -0.2) is 9.59 Å². The van der Waals surface area contributed by atoms with Gasteiger partial charge < -0.3 is 14.2 Å². The first-order valence-electron chi connectivity index (χ1n) is 13.5. The van der Waals surface area contributed by atoms with Crippen LogP contribution in [0.15, 0.2) is 72.8 Å². The maximum absolute atomic E-state index is 13.1. The number of piperidine rings is 1. The number of amides is 1. The molecule has 2 fully saturated rings. The molecule has 2 aliphatic heterocycles. The maximum Gasteiger partial charge on any atom is 0.410 e. The topological polar surface area (TPSA) is 68.3 Å². The second-order valence-corrected chi connectivity index (χ2v) is 10.3. The second-order valence-electron chi connectivity index (χ2n) is 10.3. The Balaban J connectivity index is 1.13. The smallest absolute Gasteiger partial charge is 0.410 e. The highest BCUT2D eigenvalue weighted by atomic mass is 16.6. The molecular formula is C31H36N2O5. The Morgan fingerprint density at radius 3 is 2.53 bits per heavy atom. The third-order valence-electron chi connectivity index (χ3n) is 7.56. The molecular weight excluding hydrogens is 480 g/mol. The van der Waals surface area contributed by atoms with Gasteiger partial charge in [0.2, 0.25) is 0 Å². The summed E-state index contributed by atoms with van der Waals surface area (Å²) in [5, 5.41) is 2.50. The molecule has 200 valence electrons. The van der Waals surface area contributed by atoms with E-state index in [0.717, 1.165) is 38.0 Å². The largest absolute Gasteiger partial charge is 0.467 e. The van der Waals surface area contributed by atoms with E-state index in [9.17, 15) is 9.59 Å². The van der Waals surface area contributed by atoms with Crippen LogP contribution in [-0.4, -0.2) is 67.4 Å². The SMILES string of the molecule is COC(=O)C1CC(OCc2ccccc2)CN1C(=O)OCC1CCCN(Cc2ccc3ccccc3c2)C1. The van der Waals surface area contributed by atoms with E-state index in [1.54, 1.807) is 0 Å². The summed E-state index contributed by atoms with van der Waals surface area (Å²) in [7, 11) is 1.34. The number of likely N-dealkylation sites (tertiary alicyclic amines) is 2. The molecule has 3 aromatic rings. The molecule has 0 aromatic heterocycles. The molecule has 2 heterocycles. The lowest BCUT2D eigenvalue weighted by molar-refractivity contribution is -0.145. The van der Waals surface area contributed by atoms with Crippen molar-refractivity contribution >= 4 is 22.8 Å². The van der Waals surface area contributed by atoms with Crippen LogP contribution in [-0.2, 0) is 32.2 Å². The summed E-state index contributed by atoms with van der Waals surface area (Å²) in [5.41, 5.74) is 2.34. The van der Waals surface area contributed by atoms with Crippen molar-refractivity contribution in [2.24, 2.45) is 5.92 Å². The summed E-state index contributed by atoms with van der Waals surface area (Å²) in [6, 6.07) is 24.2. The predicted molar refractivity (Wildman–Crippen MR) is 145 cm³/mol. The number of carbonyl (C=O) groups excluding carboxylic acids is 2. The highest BCUT2D eigenvalue weighted by Gasteiger charge is 2.42. The van der Waals surface area contributed by atoms with E-state index in [2.05, 4.69) is 47.4 Å². The van der Waals surface area contributed by atoms with Crippen LogP contribution < -0.4 is 0 Å². The van der Waals surface area contributed by atoms with Gasteiger partial charge in [0, 0.05) is 25.4 Å². The van der Waals surface area contributed by atoms with E-state index in [0.29, 0.717) is 26.2 Å². The summed E-state index contributed by atoms with van der Waals surface area (Å²) in [5.74, 6) is -0.176. The minimum absolute atomic E-state index is 0.251. The van der Waals surface area contributed by atoms with Crippen molar-refractivity contribution in [1.29, 1.82) is 0 Å². The molecule has 1 amide bonds. The zero-order valence-corrected chi connectivity index (χ0v) is 22.0. The van der Waals surface area contributed by atoms with Crippen LogP contribution in [0.2, 0.25) is 0 Å². The molecule has 3 unspecified atom stereocenters. The molecule has 0 bridgehead atoms. The van der Waals surface area contributed by atoms with E-state index >= 15 is 0 Å². The second kappa shape index (κ2) is 12.4. The van der Waals surface area contributed by atoms with E-state index in [1.807, 2.05) is 30.3 Å². The maximum atomic E-state index is 13.1. The number of hydrogen-bond donors (Lipinski definition) is 0. The van der Waals surface area contributed by atoms with Gasteiger partial charge in [-0.15, -0.1) is 0 Å². The van der Waals surface area contributed by atoms with E-state index in [4.69, 9.17) is 14.2 Å². The molecule has 7 nitrogen and oxygen atoms in total. The molecule has 7 heteroatoms. The molecule has 2 aliphatic rings. The molecule has 3 aromatic carbocycles. The van der Waals surface area contributed by atoms with Crippen LogP contribution in [0.3, 0.4) is 0 Å². The fraction of sp³-hybridized carbons (Fsp3) is 0.419. The Morgan fingerprint density at radius 1 is 0.921 bits per heavy atom. The predicted octanol–water partition coefficient (Wildman–Crippen LogP) is 5.02. The van der Waals surface area contributed by atoms with Gasteiger partial charge in [-0.05, 0) is 47.4 Å². The number of benzene rings is 3. The summed E-state index contributed by atoms with van der Waals surface area (Å²) >= 11 is 0. The van der Waals surface area contributed by atoms with Crippen LogP contribution in [0.5, 0.6) is 0 Å². The molecule has 5 rings (SSSR count). The molecule has 38 heavy (non-hydrogen) atoms. The van der Waals surface area contributed by atoms with Crippen molar-refractivity contribution in [1.82, 2.24) is 9.80 Å². The third kappa shape index (κ3) is 6.52. The van der Waals surface area contributed by atoms with Crippen molar-refractivity contribution < 1.29 is 23.8 Å². The number of rotatable bonds is 8. The first-order chi connectivity index (χ1) is 18.6. The van der Waals surface area contributed by atoms with Crippen molar-refractivity contribution in [2.75, 3.05) is 33.4 Å². The van der Waals surface area contributed by atoms with Crippen LogP contribution >= 0.6 is 0 Å². The van der Waals surface area contributed by atoms with Gasteiger partial charge in [-0.3, -0.25) is 9.80 Å². The lowest BCUT2D eigenvalue weighted by atomic mass is 9.98. The normalized spacial score (nSPS) is 21.9. The van der Waals surface area contributed by atoms with Crippen LogP contribution in [0, 0.1) is 5.92 Å². The fourth-order valence-electron chi connectivity index (χ4n) is 5.57. The van der Waals surface area contributed by atoms with E-state index in [-0.39, 0.29) is 12.0 Å². The third-order valence-corrected chi connectivity index (χ3v) is 7.56. The zero-order valence-electron chi connectivity index (χ0n) is 22.0. The first-order valence-corrected chi connectivity index (χ1v) is 13.5. The average Bonchev–Trinajstić information content (AvgIpc) is 3.40. The number of nitrogens with zero attached hydrogens (tertiary/aromatic N) is 2. The molecule has 0 saturated carbocycles. The number of carbonyl (C=O) groups is 2. The van der Waals surface area contributed by atoms with Crippen LogP contribution in [0.25, 0.3) is 10.8 Å². The monoisotopic (exact) mass is 516 g/mol.